The Hall–Kier alpha value is -3.16. The molecule has 6 nitrogen and oxygen atoms in total. The molecule has 3 aromatic rings. The van der Waals surface area contributed by atoms with E-state index in [0.29, 0.717) is 13.1 Å². The van der Waals surface area contributed by atoms with Crippen molar-refractivity contribution in [2.45, 2.75) is 12.8 Å². The number of benzene rings is 2. The van der Waals surface area contributed by atoms with E-state index in [0.717, 1.165) is 29.5 Å². The average molecular weight is 359 g/mol. The quantitative estimate of drug-likeness (QED) is 0.713. The van der Waals surface area contributed by atoms with E-state index in [2.05, 4.69) is 0 Å². The molecule has 0 spiro atoms. The number of anilines is 1. The lowest BCUT2D eigenvalue weighted by atomic mass is 10.2. The van der Waals surface area contributed by atoms with Crippen LogP contribution in [-0.4, -0.2) is 27.6 Å². The topological polar surface area (TPSA) is 67.5 Å². The predicted octanol–water partition coefficient (Wildman–Crippen LogP) is 2.27. The van der Waals surface area contributed by atoms with Gasteiger partial charge in [0, 0.05) is 13.1 Å². The summed E-state index contributed by atoms with van der Waals surface area (Å²) in [6.07, 6.45) is 1.85. The Kier molecular flexibility index (Phi) is 3.75. The molecule has 1 aliphatic heterocycles. The number of hydrogen-bond donors (Lipinski definition) is 1. The van der Waals surface area contributed by atoms with Crippen LogP contribution < -0.4 is 16.1 Å². The Labute approximate surface area is 146 Å². The van der Waals surface area contributed by atoms with Crippen LogP contribution in [0, 0.1) is 11.6 Å². The van der Waals surface area contributed by atoms with Crippen molar-refractivity contribution >= 4 is 16.6 Å². The van der Waals surface area contributed by atoms with Crippen molar-refractivity contribution in [2.75, 3.05) is 18.0 Å². The molecule has 8 heteroatoms. The van der Waals surface area contributed by atoms with Gasteiger partial charge in [0.15, 0.2) is 0 Å². The van der Waals surface area contributed by atoms with Gasteiger partial charge in [0.1, 0.15) is 11.6 Å². The van der Waals surface area contributed by atoms with E-state index < -0.39 is 22.9 Å². The van der Waals surface area contributed by atoms with Crippen molar-refractivity contribution in [3.8, 4) is 5.69 Å². The maximum Gasteiger partial charge on any atom is 0.369 e. The van der Waals surface area contributed by atoms with Crippen molar-refractivity contribution in [3.63, 3.8) is 0 Å². The number of aromatic nitrogens is 2. The van der Waals surface area contributed by atoms with E-state index in [1.54, 1.807) is 0 Å². The fourth-order valence-corrected chi connectivity index (χ4v) is 3.37. The van der Waals surface area contributed by atoms with E-state index in [9.17, 15) is 23.6 Å². The molecule has 1 N–H and O–H groups in total. The summed E-state index contributed by atoms with van der Waals surface area (Å²) in [5.74, 6) is -1.19. The van der Waals surface area contributed by atoms with Crippen LogP contribution in [0.2, 0.25) is 0 Å². The van der Waals surface area contributed by atoms with Gasteiger partial charge in [-0.3, -0.25) is 9.36 Å². The molecule has 134 valence electrons. The van der Waals surface area contributed by atoms with Crippen LogP contribution in [0.15, 0.2) is 46.0 Å². The summed E-state index contributed by atoms with van der Waals surface area (Å²) < 4.78 is 29.1. The van der Waals surface area contributed by atoms with Crippen molar-refractivity contribution < 1.29 is 14.0 Å². The number of hydrogen-bond acceptors (Lipinski definition) is 4. The van der Waals surface area contributed by atoms with E-state index >= 15 is 0 Å². The highest BCUT2D eigenvalue weighted by molar-refractivity contribution is 5.84. The van der Waals surface area contributed by atoms with Gasteiger partial charge in [-0.2, -0.15) is 0 Å². The summed E-state index contributed by atoms with van der Waals surface area (Å²) in [5.41, 5.74) is -1.56. The molecule has 0 bridgehead atoms. The molecule has 2 aromatic carbocycles. The molecule has 1 saturated heterocycles. The maximum absolute atomic E-state index is 14.6. The minimum absolute atomic E-state index is 0.0950. The minimum atomic E-state index is -1.05. The van der Waals surface area contributed by atoms with Crippen LogP contribution in [0.5, 0.6) is 0 Å². The molecule has 1 aromatic heterocycles. The second-order valence-corrected chi connectivity index (χ2v) is 6.23. The molecule has 1 fully saturated rings. The third kappa shape index (κ3) is 2.45. The lowest BCUT2D eigenvalue weighted by Crippen LogP contribution is -2.38. The first-order valence-electron chi connectivity index (χ1n) is 8.19. The monoisotopic (exact) mass is 359 g/mol. The van der Waals surface area contributed by atoms with Gasteiger partial charge in [-0.1, -0.05) is 10.8 Å². The molecule has 0 atom stereocenters. The van der Waals surface area contributed by atoms with Gasteiger partial charge in [-0.25, -0.2) is 13.6 Å². The summed E-state index contributed by atoms with van der Waals surface area (Å²) in [5, 5.41) is 9.66. The largest absolute Gasteiger partial charge is 0.421 e. The lowest BCUT2D eigenvalue weighted by molar-refractivity contribution is 0.160. The molecule has 26 heavy (non-hydrogen) atoms. The predicted molar refractivity (Wildman–Crippen MR) is 92.4 cm³/mol. The zero-order chi connectivity index (χ0) is 18.4. The molecule has 2 heterocycles. The zero-order valence-electron chi connectivity index (χ0n) is 13.7. The van der Waals surface area contributed by atoms with Crippen LogP contribution in [-0.2, 0) is 0 Å². The molecule has 0 unspecified atom stereocenters. The van der Waals surface area contributed by atoms with Crippen molar-refractivity contribution in [1.82, 2.24) is 9.30 Å². The van der Waals surface area contributed by atoms with Gasteiger partial charge >= 0.3 is 5.69 Å². The molecule has 0 radical (unpaired) electrons. The van der Waals surface area contributed by atoms with Crippen LogP contribution >= 0.6 is 0 Å². The molecule has 4 rings (SSSR count). The van der Waals surface area contributed by atoms with Crippen LogP contribution in [0.3, 0.4) is 0 Å². The Morgan fingerprint density at radius 3 is 2.42 bits per heavy atom. The van der Waals surface area contributed by atoms with E-state index in [4.69, 9.17) is 0 Å². The highest BCUT2D eigenvalue weighted by atomic mass is 19.1. The SMILES string of the molecule is O=c1c2cc(F)c(N3CCCC3)cc2n(-c2cccc(F)c2)c(=O)n1O. The van der Waals surface area contributed by atoms with Crippen molar-refractivity contribution in [3.05, 3.63) is 68.9 Å². The highest BCUT2D eigenvalue weighted by Crippen LogP contribution is 2.28. The fraction of sp³-hybridized carbons (Fsp3) is 0.222. The zero-order valence-corrected chi connectivity index (χ0v) is 13.7. The molecular weight excluding hydrogens is 344 g/mol. The first kappa shape index (κ1) is 16.3. The van der Waals surface area contributed by atoms with Gasteiger partial charge in [-0.05, 0) is 43.2 Å². The summed E-state index contributed by atoms with van der Waals surface area (Å²) in [4.78, 5) is 26.5. The van der Waals surface area contributed by atoms with Gasteiger partial charge in [0.25, 0.3) is 5.56 Å². The summed E-state index contributed by atoms with van der Waals surface area (Å²) in [7, 11) is 0. The third-order valence-corrected chi connectivity index (χ3v) is 4.61. The molecular formula is C18H15F2N3O3. The standard InChI is InChI=1S/C18H15F2N3O3/c19-11-4-3-5-12(8-11)22-15-10-16(21-6-1-2-7-21)14(20)9-13(15)17(24)23(26)18(22)25/h3-5,8-10,26H,1-2,6-7H2. The Balaban J connectivity index is 2.10. The van der Waals surface area contributed by atoms with Crippen LogP contribution in [0.4, 0.5) is 14.5 Å². The average Bonchev–Trinajstić information content (AvgIpc) is 3.15. The number of fused-ring (bicyclic) bond motifs is 1. The second kappa shape index (κ2) is 5.98. The van der Waals surface area contributed by atoms with Crippen molar-refractivity contribution in [1.29, 1.82) is 0 Å². The Bertz CT molecular complexity index is 1130. The van der Waals surface area contributed by atoms with Crippen LogP contribution in [0.1, 0.15) is 12.8 Å². The summed E-state index contributed by atoms with van der Waals surface area (Å²) in [6.45, 7) is 1.34. The van der Waals surface area contributed by atoms with Crippen molar-refractivity contribution in [2.24, 2.45) is 0 Å². The first-order chi connectivity index (χ1) is 12.5. The van der Waals surface area contributed by atoms with Gasteiger partial charge < -0.3 is 10.1 Å². The first-order valence-corrected chi connectivity index (χ1v) is 8.19. The van der Waals surface area contributed by atoms with E-state index in [1.165, 1.54) is 24.3 Å². The van der Waals surface area contributed by atoms with Crippen LogP contribution in [0.25, 0.3) is 16.6 Å². The second-order valence-electron chi connectivity index (χ2n) is 6.23. The van der Waals surface area contributed by atoms with Gasteiger partial charge in [-0.15, -0.1) is 0 Å². The van der Waals surface area contributed by atoms with Gasteiger partial charge in [0.05, 0.1) is 22.3 Å². The minimum Gasteiger partial charge on any atom is -0.421 e. The molecule has 0 aliphatic carbocycles. The van der Waals surface area contributed by atoms with Gasteiger partial charge in [0.2, 0.25) is 0 Å². The smallest absolute Gasteiger partial charge is 0.369 e. The van der Waals surface area contributed by atoms with E-state index in [1.807, 2.05) is 4.90 Å². The molecule has 0 saturated carbocycles. The third-order valence-electron chi connectivity index (χ3n) is 4.61. The van der Waals surface area contributed by atoms with E-state index in [-0.39, 0.29) is 27.0 Å². The number of rotatable bonds is 2. The molecule has 0 amide bonds. The number of nitrogens with zero attached hydrogens (tertiary/aromatic N) is 3. The number of halogens is 2. The highest BCUT2D eigenvalue weighted by Gasteiger charge is 2.21. The normalized spacial score (nSPS) is 14.3. The molecule has 1 aliphatic rings. The lowest BCUT2D eigenvalue weighted by Gasteiger charge is -2.20. The summed E-state index contributed by atoms with van der Waals surface area (Å²) >= 11 is 0. The Morgan fingerprint density at radius 1 is 1.00 bits per heavy atom. The fourth-order valence-electron chi connectivity index (χ4n) is 3.37. The Morgan fingerprint density at radius 2 is 1.73 bits per heavy atom. The maximum atomic E-state index is 14.6. The summed E-state index contributed by atoms with van der Waals surface area (Å²) in [6, 6.07) is 7.59.